The maximum absolute atomic E-state index is 13.1. The van der Waals surface area contributed by atoms with E-state index in [1.54, 1.807) is 24.3 Å². The Morgan fingerprint density at radius 3 is 2.29 bits per heavy atom. The fraction of sp³-hybridized carbons (Fsp3) is 0.294. The highest BCUT2D eigenvalue weighted by Gasteiger charge is 2.26. The molecule has 0 amide bonds. The van der Waals surface area contributed by atoms with Crippen molar-refractivity contribution in [2.24, 2.45) is 5.92 Å². The van der Waals surface area contributed by atoms with Gasteiger partial charge in [0.2, 0.25) is 10.0 Å². The van der Waals surface area contributed by atoms with E-state index in [9.17, 15) is 12.8 Å². The van der Waals surface area contributed by atoms with Gasteiger partial charge in [0.15, 0.2) is 0 Å². The van der Waals surface area contributed by atoms with Gasteiger partial charge in [0.05, 0.1) is 7.11 Å². The van der Waals surface area contributed by atoms with Gasteiger partial charge in [-0.05, 0) is 41.8 Å². The van der Waals surface area contributed by atoms with Crippen molar-refractivity contribution in [3.05, 3.63) is 58.3 Å². The molecule has 0 heterocycles. The standard InChI is InChI=1S/C17H19BrFNO3S/c1-11(2)17(12-4-7-14(19)8-5-12)20-24(21,22)16-10-13(18)6-9-15(16)23-3/h4-11,17,20H,1-3H3. The lowest BCUT2D eigenvalue weighted by atomic mass is 9.97. The van der Waals surface area contributed by atoms with Crippen molar-refractivity contribution in [1.29, 1.82) is 0 Å². The fourth-order valence-corrected chi connectivity index (χ4v) is 4.43. The molecule has 0 spiro atoms. The molecule has 0 saturated heterocycles. The number of benzene rings is 2. The summed E-state index contributed by atoms with van der Waals surface area (Å²) in [5.41, 5.74) is 0.698. The summed E-state index contributed by atoms with van der Waals surface area (Å²) in [5, 5.41) is 0. The van der Waals surface area contributed by atoms with E-state index in [4.69, 9.17) is 4.74 Å². The Morgan fingerprint density at radius 2 is 1.75 bits per heavy atom. The molecule has 0 radical (unpaired) electrons. The predicted octanol–water partition coefficient (Wildman–Crippen LogP) is 4.27. The zero-order valence-corrected chi connectivity index (χ0v) is 16.0. The SMILES string of the molecule is COc1ccc(Br)cc1S(=O)(=O)NC(c1ccc(F)cc1)C(C)C. The first-order valence-electron chi connectivity index (χ1n) is 7.36. The Balaban J connectivity index is 2.41. The Morgan fingerprint density at radius 1 is 1.12 bits per heavy atom. The van der Waals surface area contributed by atoms with Crippen molar-refractivity contribution in [3.8, 4) is 5.75 Å². The molecule has 130 valence electrons. The molecule has 24 heavy (non-hydrogen) atoms. The van der Waals surface area contributed by atoms with Crippen LogP contribution in [0.25, 0.3) is 0 Å². The van der Waals surface area contributed by atoms with Crippen LogP contribution < -0.4 is 9.46 Å². The van der Waals surface area contributed by atoms with Crippen molar-refractivity contribution in [3.63, 3.8) is 0 Å². The first kappa shape index (κ1) is 18.9. The van der Waals surface area contributed by atoms with Crippen LogP contribution in [0, 0.1) is 11.7 Å². The largest absolute Gasteiger partial charge is 0.495 e. The van der Waals surface area contributed by atoms with Crippen molar-refractivity contribution in [2.45, 2.75) is 24.8 Å². The zero-order chi connectivity index (χ0) is 17.9. The van der Waals surface area contributed by atoms with Crippen molar-refractivity contribution >= 4 is 26.0 Å². The number of methoxy groups -OCH3 is 1. The van der Waals surface area contributed by atoms with Crippen LogP contribution in [0.2, 0.25) is 0 Å². The molecule has 2 rings (SSSR count). The normalized spacial score (nSPS) is 13.1. The van der Waals surface area contributed by atoms with Gasteiger partial charge in [0.25, 0.3) is 0 Å². The Labute approximate surface area is 150 Å². The van der Waals surface area contributed by atoms with E-state index in [-0.39, 0.29) is 22.4 Å². The average Bonchev–Trinajstić information content (AvgIpc) is 2.53. The molecule has 1 unspecified atom stereocenters. The van der Waals surface area contributed by atoms with Gasteiger partial charge < -0.3 is 4.74 Å². The van der Waals surface area contributed by atoms with Crippen LogP contribution in [0.5, 0.6) is 5.75 Å². The number of rotatable bonds is 6. The quantitative estimate of drug-likeness (QED) is 0.765. The van der Waals surface area contributed by atoms with Gasteiger partial charge in [-0.25, -0.2) is 17.5 Å². The summed E-state index contributed by atoms with van der Waals surface area (Å²) in [6, 6.07) is 10.1. The van der Waals surface area contributed by atoms with E-state index in [0.717, 1.165) is 0 Å². The van der Waals surface area contributed by atoms with E-state index >= 15 is 0 Å². The molecular weight excluding hydrogens is 397 g/mol. The number of nitrogens with one attached hydrogen (secondary N) is 1. The topological polar surface area (TPSA) is 55.4 Å². The van der Waals surface area contributed by atoms with Crippen molar-refractivity contribution < 1.29 is 17.5 Å². The highest BCUT2D eigenvalue weighted by atomic mass is 79.9. The van der Waals surface area contributed by atoms with Gasteiger partial charge in [-0.1, -0.05) is 41.9 Å². The Hall–Kier alpha value is -1.44. The van der Waals surface area contributed by atoms with Crippen LogP contribution >= 0.6 is 15.9 Å². The fourth-order valence-electron chi connectivity index (χ4n) is 2.35. The van der Waals surface area contributed by atoms with Gasteiger partial charge in [-0.15, -0.1) is 0 Å². The lowest BCUT2D eigenvalue weighted by Crippen LogP contribution is -2.32. The maximum Gasteiger partial charge on any atom is 0.244 e. The number of halogens is 2. The molecule has 2 aromatic carbocycles. The highest BCUT2D eigenvalue weighted by molar-refractivity contribution is 9.10. The zero-order valence-electron chi connectivity index (χ0n) is 13.6. The van der Waals surface area contributed by atoms with E-state index < -0.39 is 16.1 Å². The second-order valence-corrected chi connectivity index (χ2v) is 8.29. The molecule has 0 saturated carbocycles. The van der Waals surface area contributed by atoms with Crippen LogP contribution in [0.4, 0.5) is 4.39 Å². The van der Waals surface area contributed by atoms with Crippen LogP contribution in [-0.2, 0) is 10.0 Å². The van der Waals surface area contributed by atoms with Crippen molar-refractivity contribution in [2.75, 3.05) is 7.11 Å². The summed E-state index contributed by atoms with van der Waals surface area (Å²) in [4.78, 5) is 0.0483. The summed E-state index contributed by atoms with van der Waals surface area (Å²) in [6.45, 7) is 3.80. The predicted molar refractivity (Wildman–Crippen MR) is 95.0 cm³/mol. The molecule has 1 N–H and O–H groups in total. The summed E-state index contributed by atoms with van der Waals surface area (Å²) in [6.07, 6.45) is 0. The average molecular weight is 416 g/mol. The minimum Gasteiger partial charge on any atom is -0.495 e. The van der Waals surface area contributed by atoms with Gasteiger partial charge in [-0.2, -0.15) is 0 Å². The van der Waals surface area contributed by atoms with Crippen LogP contribution in [0.3, 0.4) is 0 Å². The maximum atomic E-state index is 13.1. The number of sulfonamides is 1. The smallest absolute Gasteiger partial charge is 0.244 e. The van der Waals surface area contributed by atoms with Crippen molar-refractivity contribution in [1.82, 2.24) is 4.72 Å². The summed E-state index contributed by atoms with van der Waals surface area (Å²) >= 11 is 3.28. The van der Waals surface area contributed by atoms with Crippen LogP contribution in [0.15, 0.2) is 51.8 Å². The van der Waals surface area contributed by atoms with E-state index in [2.05, 4.69) is 20.7 Å². The first-order chi connectivity index (χ1) is 11.2. The lowest BCUT2D eigenvalue weighted by molar-refractivity contribution is 0.400. The molecule has 0 fully saturated rings. The third-order valence-electron chi connectivity index (χ3n) is 3.59. The molecule has 0 aliphatic carbocycles. The molecule has 0 aliphatic rings. The summed E-state index contributed by atoms with van der Waals surface area (Å²) < 4.78 is 47.3. The van der Waals surface area contributed by atoms with Gasteiger partial charge in [0, 0.05) is 10.5 Å². The summed E-state index contributed by atoms with van der Waals surface area (Å²) in [5.74, 6) is -0.131. The molecular formula is C17H19BrFNO3S. The van der Waals surface area contributed by atoms with Crippen LogP contribution in [-0.4, -0.2) is 15.5 Å². The molecule has 1 atom stereocenters. The van der Waals surface area contributed by atoms with E-state index in [1.165, 1.54) is 25.3 Å². The van der Waals surface area contributed by atoms with E-state index in [1.807, 2.05) is 13.8 Å². The van der Waals surface area contributed by atoms with E-state index in [0.29, 0.717) is 10.0 Å². The highest BCUT2D eigenvalue weighted by Crippen LogP contribution is 2.30. The third kappa shape index (κ3) is 4.34. The molecule has 0 aromatic heterocycles. The second kappa shape index (κ2) is 7.63. The Kier molecular flexibility index (Phi) is 6.01. The number of ether oxygens (including phenoxy) is 1. The molecule has 7 heteroatoms. The number of hydrogen-bond donors (Lipinski definition) is 1. The van der Waals surface area contributed by atoms with Crippen LogP contribution in [0.1, 0.15) is 25.5 Å². The molecule has 4 nitrogen and oxygen atoms in total. The van der Waals surface area contributed by atoms with Gasteiger partial charge >= 0.3 is 0 Å². The third-order valence-corrected chi connectivity index (χ3v) is 5.55. The van der Waals surface area contributed by atoms with Gasteiger partial charge in [0.1, 0.15) is 16.5 Å². The first-order valence-corrected chi connectivity index (χ1v) is 9.63. The second-order valence-electron chi connectivity index (χ2n) is 5.69. The lowest BCUT2D eigenvalue weighted by Gasteiger charge is -2.23. The monoisotopic (exact) mass is 415 g/mol. The molecule has 0 aliphatic heterocycles. The minimum absolute atomic E-state index is 0.0246. The number of hydrogen-bond acceptors (Lipinski definition) is 3. The van der Waals surface area contributed by atoms with Gasteiger partial charge in [-0.3, -0.25) is 0 Å². The minimum atomic E-state index is -3.83. The molecule has 0 bridgehead atoms. The summed E-state index contributed by atoms with van der Waals surface area (Å²) in [7, 11) is -2.41. The molecule has 2 aromatic rings. The Bertz CT molecular complexity index is 807.